The van der Waals surface area contributed by atoms with Crippen molar-refractivity contribution in [3.8, 4) is 23.8 Å². The molecule has 0 spiro atoms. The maximum absolute atomic E-state index is 9.31. The van der Waals surface area contributed by atoms with Crippen LogP contribution in [0.4, 0.5) is 0 Å². The highest BCUT2D eigenvalue weighted by molar-refractivity contribution is 5.44. The Kier molecular flexibility index (Phi) is 2.60. The van der Waals surface area contributed by atoms with Gasteiger partial charge in [0, 0.05) is 6.42 Å². The number of aryl methyl sites for hydroxylation is 1. The molecule has 0 radical (unpaired) electrons. The second-order valence-electron chi connectivity index (χ2n) is 2.49. The van der Waals surface area contributed by atoms with Crippen LogP contribution in [-0.2, 0) is 6.42 Å². The van der Waals surface area contributed by atoms with Gasteiger partial charge in [0.1, 0.15) is 0 Å². The van der Waals surface area contributed by atoms with Gasteiger partial charge in [0.2, 0.25) is 0 Å². The summed E-state index contributed by atoms with van der Waals surface area (Å²) in [5.74, 6) is 2.31. The zero-order chi connectivity index (χ0) is 8.97. The maximum Gasteiger partial charge on any atom is 0.160 e. The Balaban J connectivity index is 2.86. The van der Waals surface area contributed by atoms with E-state index in [1.165, 1.54) is 6.07 Å². The van der Waals surface area contributed by atoms with Crippen LogP contribution < -0.4 is 0 Å². The van der Waals surface area contributed by atoms with Gasteiger partial charge in [0.15, 0.2) is 11.5 Å². The number of phenolic OH excluding ortho intramolecular Hbond substituents is 2. The Labute approximate surface area is 71.5 Å². The molecule has 0 atom stereocenters. The van der Waals surface area contributed by atoms with Gasteiger partial charge in [-0.15, -0.1) is 12.3 Å². The molecule has 0 amide bonds. The van der Waals surface area contributed by atoms with E-state index in [1.807, 2.05) is 0 Å². The molecule has 0 saturated heterocycles. The van der Waals surface area contributed by atoms with Gasteiger partial charge in [0.05, 0.1) is 0 Å². The van der Waals surface area contributed by atoms with E-state index < -0.39 is 0 Å². The van der Waals surface area contributed by atoms with Crippen LogP contribution in [0.3, 0.4) is 0 Å². The van der Waals surface area contributed by atoms with Gasteiger partial charge in [0.25, 0.3) is 0 Å². The second-order valence-corrected chi connectivity index (χ2v) is 2.49. The van der Waals surface area contributed by atoms with Crippen LogP contribution in [0.5, 0.6) is 11.5 Å². The van der Waals surface area contributed by atoms with Crippen molar-refractivity contribution in [1.82, 2.24) is 0 Å². The SMILES string of the molecule is C#CCCc1cccc(O)c1O. The summed E-state index contributed by atoms with van der Waals surface area (Å²) in [6.45, 7) is 0. The molecule has 62 valence electrons. The topological polar surface area (TPSA) is 40.5 Å². The van der Waals surface area contributed by atoms with Crippen molar-refractivity contribution in [2.24, 2.45) is 0 Å². The van der Waals surface area contributed by atoms with E-state index in [-0.39, 0.29) is 11.5 Å². The summed E-state index contributed by atoms with van der Waals surface area (Å²) in [4.78, 5) is 0. The molecule has 2 N–H and O–H groups in total. The van der Waals surface area contributed by atoms with E-state index in [0.29, 0.717) is 18.4 Å². The standard InChI is InChI=1S/C10H10O2/c1-2-3-5-8-6-4-7-9(11)10(8)12/h1,4,6-7,11-12H,3,5H2. The van der Waals surface area contributed by atoms with Crippen LogP contribution in [0.2, 0.25) is 0 Å². The molecule has 1 aromatic carbocycles. The number of terminal acetylenes is 1. The largest absolute Gasteiger partial charge is 0.504 e. The van der Waals surface area contributed by atoms with Crippen LogP contribution in [0.15, 0.2) is 18.2 Å². The van der Waals surface area contributed by atoms with Crippen molar-refractivity contribution in [3.05, 3.63) is 23.8 Å². The molecule has 0 saturated carbocycles. The second kappa shape index (κ2) is 3.68. The molecule has 0 aliphatic heterocycles. The third kappa shape index (κ3) is 1.70. The third-order valence-electron chi connectivity index (χ3n) is 1.64. The number of phenols is 2. The van der Waals surface area contributed by atoms with E-state index in [4.69, 9.17) is 11.5 Å². The molecule has 0 aliphatic rings. The van der Waals surface area contributed by atoms with Gasteiger partial charge in [-0.1, -0.05) is 12.1 Å². The fourth-order valence-corrected chi connectivity index (χ4v) is 0.986. The number of aromatic hydroxyl groups is 2. The first-order valence-electron chi connectivity index (χ1n) is 3.69. The van der Waals surface area contributed by atoms with Gasteiger partial charge < -0.3 is 10.2 Å². The summed E-state index contributed by atoms with van der Waals surface area (Å²) in [6.07, 6.45) is 6.23. The molecule has 0 bridgehead atoms. The lowest BCUT2D eigenvalue weighted by Crippen LogP contribution is -1.84. The number of hydrogen-bond donors (Lipinski definition) is 2. The predicted molar refractivity (Wildman–Crippen MR) is 46.9 cm³/mol. The Morgan fingerprint density at radius 1 is 1.33 bits per heavy atom. The number of rotatable bonds is 2. The van der Waals surface area contributed by atoms with Gasteiger partial charge >= 0.3 is 0 Å². The summed E-state index contributed by atoms with van der Waals surface area (Å²) in [5, 5.41) is 18.4. The van der Waals surface area contributed by atoms with Crippen molar-refractivity contribution in [1.29, 1.82) is 0 Å². The summed E-state index contributed by atoms with van der Waals surface area (Å²) >= 11 is 0. The molecular weight excluding hydrogens is 152 g/mol. The Bertz CT molecular complexity index is 310. The van der Waals surface area contributed by atoms with Crippen LogP contribution in [-0.4, -0.2) is 10.2 Å². The highest BCUT2D eigenvalue weighted by atomic mass is 16.3. The van der Waals surface area contributed by atoms with E-state index >= 15 is 0 Å². The quantitative estimate of drug-likeness (QED) is 0.513. The highest BCUT2D eigenvalue weighted by Crippen LogP contribution is 2.28. The minimum absolute atomic E-state index is 0.0623. The lowest BCUT2D eigenvalue weighted by molar-refractivity contribution is 0.399. The maximum atomic E-state index is 9.31. The fourth-order valence-electron chi connectivity index (χ4n) is 0.986. The van der Waals surface area contributed by atoms with Gasteiger partial charge in [-0.25, -0.2) is 0 Å². The molecule has 0 heterocycles. The smallest absolute Gasteiger partial charge is 0.160 e. The van der Waals surface area contributed by atoms with Crippen molar-refractivity contribution in [2.75, 3.05) is 0 Å². The summed E-state index contributed by atoms with van der Waals surface area (Å²) in [6, 6.07) is 4.86. The van der Waals surface area contributed by atoms with Crippen molar-refractivity contribution >= 4 is 0 Å². The molecule has 2 nitrogen and oxygen atoms in total. The predicted octanol–water partition coefficient (Wildman–Crippen LogP) is 1.66. The Hall–Kier alpha value is -1.62. The molecule has 0 fully saturated rings. The average molecular weight is 162 g/mol. The first-order valence-corrected chi connectivity index (χ1v) is 3.69. The molecule has 0 unspecified atom stereocenters. The lowest BCUT2D eigenvalue weighted by atomic mass is 10.1. The molecule has 1 rings (SSSR count). The number of hydrogen-bond acceptors (Lipinski definition) is 2. The normalized spacial score (nSPS) is 9.25. The Morgan fingerprint density at radius 3 is 2.75 bits per heavy atom. The average Bonchev–Trinajstić information content (AvgIpc) is 2.08. The van der Waals surface area contributed by atoms with Crippen molar-refractivity contribution in [3.63, 3.8) is 0 Å². The first kappa shape index (κ1) is 8.48. The van der Waals surface area contributed by atoms with E-state index in [2.05, 4.69) is 5.92 Å². The van der Waals surface area contributed by atoms with Crippen LogP contribution in [0.1, 0.15) is 12.0 Å². The van der Waals surface area contributed by atoms with E-state index in [0.717, 1.165) is 0 Å². The van der Waals surface area contributed by atoms with Gasteiger partial charge in [-0.2, -0.15) is 0 Å². The first-order chi connectivity index (χ1) is 5.75. The monoisotopic (exact) mass is 162 g/mol. The Morgan fingerprint density at radius 2 is 2.08 bits per heavy atom. The van der Waals surface area contributed by atoms with Crippen molar-refractivity contribution < 1.29 is 10.2 Å². The zero-order valence-electron chi connectivity index (χ0n) is 6.62. The van der Waals surface area contributed by atoms with Crippen molar-refractivity contribution in [2.45, 2.75) is 12.8 Å². The van der Waals surface area contributed by atoms with E-state index in [9.17, 15) is 5.11 Å². The summed E-state index contributed by atoms with van der Waals surface area (Å²) < 4.78 is 0. The summed E-state index contributed by atoms with van der Waals surface area (Å²) in [5.41, 5.74) is 0.688. The molecule has 2 heteroatoms. The molecule has 0 aliphatic carbocycles. The van der Waals surface area contributed by atoms with Crippen LogP contribution in [0, 0.1) is 12.3 Å². The number of benzene rings is 1. The minimum atomic E-state index is -0.0930. The van der Waals surface area contributed by atoms with Crippen LogP contribution in [0.25, 0.3) is 0 Å². The molecular formula is C10H10O2. The molecule has 1 aromatic rings. The minimum Gasteiger partial charge on any atom is -0.504 e. The van der Waals surface area contributed by atoms with Gasteiger partial charge in [-0.05, 0) is 18.1 Å². The summed E-state index contributed by atoms with van der Waals surface area (Å²) in [7, 11) is 0. The highest BCUT2D eigenvalue weighted by Gasteiger charge is 2.03. The van der Waals surface area contributed by atoms with E-state index in [1.54, 1.807) is 12.1 Å². The zero-order valence-corrected chi connectivity index (χ0v) is 6.62. The van der Waals surface area contributed by atoms with Crippen LogP contribution >= 0.6 is 0 Å². The number of para-hydroxylation sites is 1. The molecule has 0 aromatic heterocycles. The molecule has 12 heavy (non-hydrogen) atoms. The van der Waals surface area contributed by atoms with Gasteiger partial charge in [-0.3, -0.25) is 0 Å². The fraction of sp³-hybridized carbons (Fsp3) is 0.200. The third-order valence-corrected chi connectivity index (χ3v) is 1.64. The lowest BCUT2D eigenvalue weighted by Gasteiger charge is -2.02.